The van der Waals surface area contributed by atoms with Crippen molar-refractivity contribution < 1.29 is 9.59 Å². The summed E-state index contributed by atoms with van der Waals surface area (Å²) in [4.78, 5) is 28.3. The molecule has 0 fully saturated rings. The van der Waals surface area contributed by atoms with E-state index in [0.29, 0.717) is 18.8 Å². The SMILES string of the molecule is NC(=O)CCc1cccc2[nH]c(NC=O)nc12. The fraction of sp³-hybridized carbons (Fsp3) is 0.182. The van der Waals surface area contributed by atoms with E-state index in [-0.39, 0.29) is 12.3 Å². The highest BCUT2D eigenvalue weighted by Gasteiger charge is 2.07. The van der Waals surface area contributed by atoms with E-state index in [9.17, 15) is 9.59 Å². The van der Waals surface area contributed by atoms with Crippen molar-refractivity contribution in [1.82, 2.24) is 9.97 Å². The van der Waals surface area contributed by atoms with E-state index in [1.54, 1.807) is 0 Å². The number of benzene rings is 1. The van der Waals surface area contributed by atoms with E-state index >= 15 is 0 Å². The van der Waals surface area contributed by atoms with Gasteiger partial charge < -0.3 is 10.7 Å². The highest BCUT2D eigenvalue weighted by Crippen LogP contribution is 2.19. The number of imidazole rings is 1. The number of carbonyl (C=O) groups excluding carboxylic acids is 2. The molecule has 6 heteroatoms. The Balaban J connectivity index is 2.34. The van der Waals surface area contributed by atoms with E-state index in [1.807, 2.05) is 18.2 Å². The predicted octanol–water partition coefficient (Wildman–Crippen LogP) is 0.549. The number of aryl methyl sites for hydroxylation is 1. The number of aromatic nitrogens is 2. The van der Waals surface area contributed by atoms with E-state index in [1.165, 1.54) is 0 Å². The molecule has 4 N–H and O–H groups in total. The molecule has 2 rings (SSSR count). The van der Waals surface area contributed by atoms with Gasteiger partial charge in [-0.2, -0.15) is 0 Å². The molecule has 0 aliphatic rings. The molecule has 0 spiro atoms. The number of anilines is 1. The van der Waals surface area contributed by atoms with Crippen LogP contribution in [0.4, 0.5) is 5.95 Å². The van der Waals surface area contributed by atoms with E-state index in [4.69, 9.17) is 5.73 Å². The average Bonchev–Trinajstić information content (AvgIpc) is 2.69. The third kappa shape index (κ3) is 2.41. The Morgan fingerprint density at radius 3 is 3.06 bits per heavy atom. The lowest BCUT2D eigenvalue weighted by Gasteiger charge is -1.99. The van der Waals surface area contributed by atoms with Gasteiger partial charge in [-0.1, -0.05) is 12.1 Å². The molecule has 0 atom stereocenters. The molecule has 2 amide bonds. The van der Waals surface area contributed by atoms with Gasteiger partial charge in [-0.3, -0.25) is 14.9 Å². The first kappa shape index (κ1) is 11.1. The summed E-state index contributed by atoms with van der Waals surface area (Å²) in [5, 5.41) is 2.45. The fourth-order valence-electron chi connectivity index (χ4n) is 1.68. The molecule has 1 aromatic carbocycles. The highest BCUT2D eigenvalue weighted by atomic mass is 16.1. The third-order valence-electron chi connectivity index (χ3n) is 2.43. The number of nitrogens with zero attached hydrogens (tertiary/aromatic N) is 1. The number of rotatable bonds is 5. The largest absolute Gasteiger partial charge is 0.370 e. The van der Waals surface area contributed by atoms with E-state index in [0.717, 1.165) is 16.6 Å². The van der Waals surface area contributed by atoms with Gasteiger partial charge >= 0.3 is 0 Å². The topological polar surface area (TPSA) is 101 Å². The Labute approximate surface area is 97.2 Å². The standard InChI is InChI=1S/C11H12N4O2/c12-9(17)5-4-7-2-1-3-8-10(7)15-11(14-8)13-6-16/h1-3,6H,4-5H2,(H2,12,17)(H2,13,14,15,16). The Morgan fingerprint density at radius 2 is 2.35 bits per heavy atom. The van der Waals surface area contributed by atoms with Crippen molar-refractivity contribution in [1.29, 1.82) is 0 Å². The molecule has 0 radical (unpaired) electrons. The summed E-state index contributed by atoms with van der Waals surface area (Å²) >= 11 is 0. The minimum absolute atomic E-state index is 0.280. The van der Waals surface area contributed by atoms with Crippen LogP contribution in [0.2, 0.25) is 0 Å². The number of carbonyl (C=O) groups is 2. The lowest BCUT2D eigenvalue weighted by Crippen LogP contribution is -2.11. The predicted molar refractivity (Wildman–Crippen MR) is 63.3 cm³/mol. The average molecular weight is 232 g/mol. The fourth-order valence-corrected chi connectivity index (χ4v) is 1.68. The molecule has 0 saturated heterocycles. The van der Waals surface area contributed by atoms with Crippen molar-refractivity contribution in [2.24, 2.45) is 5.73 Å². The molecule has 17 heavy (non-hydrogen) atoms. The van der Waals surface area contributed by atoms with Crippen molar-refractivity contribution >= 4 is 29.3 Å². The molecule has 0 bridgehead atoms. The van der Waals surface area contributed by atoms with Crippen LogP contribution in [0.25, 0.3) is 11.0 Å². The van der Waals surface area contributed by atoms with Gasteiger partial charge in [-0.05, 0) is 18.1 Å². The molecular weight excluding hydrogens is 220 g/mol. The van der Waals surface area contributed by atoms with Crippen LogP contribution in [0.1, 0.15) is 12.0 Å². The minimum atomic E-state index is -0.344. The third-order valence-corrected chi connectivity index (χ3v) is 2.43. The van der Waals surface area contributed by atoms with Gasteiger partial charge in [0.2, 0.25) is 18.3 Å². The molecule has 88 valence electrons. The van der Waals surface area contributed by atoms with Gasteiger partial charge in [0.25, 0.3) is 0 Å². The number of nitrogens with two attached hydrogens (primary N) is 1. The number of hydrogen-bond acceptors (Lipinski definition) is 3. The molecule has 1 heterocycles. The van der Waals surface area contributed by atoms with Crippen LogP contribution in [-0.4, -0.2) is 22.3 Å². The summed E-state index contributed by atoms with van der Waals surface area (Å²) in [7, 11) is 0. The number of nitrogens with one attached hydrogen (secondary N) is 2. The summed E-state index contributed by atoms with van der Waals surface area (Å²) in [5.74, 6) is 0.0466. The number of aromatic amines is 1. The van der Waals surface area contributed by atoms with Gasteiger partial charge in [0.15, 0.2) is 0 Å². The van der Waals surface area contributed by atoms with Crippen LogP contribution in [0, 0.1) is 0 Å². The Bertz CT molecular complexity index is 562. The zero-order chi connectivity index (χ0) is 12.3. The molecule has 0 saturated carbocycles. The van der Waals surface area contributed by atoms with Crippen LogP contribution in [0.5, 0.6) is 0 Å². The molecule has 1 aromatic heterocycles. The Kier molecular flexibility index (Phi) is 3.04. The van der Waals surface area contributed by atoms with Crippen LogP contribution in [0.3, 0.4) is 0 Å². The summed E-state index contributed by atoms with van der Waals surface area (Å²) in [5.41, 5.74) is 7.60. The summed E-state index contributed by atoms with van der Waals surface area (Å²) in [6, 6.07) is 5.60. The number of fused-ring (bicyclic) bond motifs is 1. The Hall–Kier alpha value is -2.37. The van der Waals surface area contributed by atoms with Crippen LogP contribution >= 0.6 is 0 Å². The van der Waals surface area contributed by atoms with E-state index in [2.05, 4.69) is 15.3 Å². The molecular formula is C11H12N4O2. The minimum Gasteiger partial charge on any atom is -0.370 e. The van der Waals surface area contributed by atoms with Crippen molar-refractivity contribution in [3.05, 3.63) is 23.8 Å². The lowest BCUT2D eigenvalue weighted by atomic mass is 10.1. The molecule has 0 aliphatic heterocycles. The second-order valence-electron chi connectivity index (χ2n) is 3.63. The maximum absolute atomic E-state index is 10.8. The first-order valence-electron chi connectivity index (χ1n) is 5.17. The summed E-state index contributed by atoms with van der Waals surface area (Å²) in [6.07, 6.45) is 1.38. The highest BCUT2D eigenvalue weighted by molar-refractivity contribution is 5.83. The summed E-state index contributed by atoms with van der Waals surface area (Å²) < 4.78 is 0. The summed E-state index contributed by atoms with van der Waals surface area (Å²) in [6.45, 7) is 0. The second-order valence-corrected chi connectivity index (χ2v) is 3.63. The van der Waals surface area contributed by atoms with Gasteiger partial charge in [0, 0.05) is 6.42 Å². The van der Waals surface area contributed by atoms with Gasteiger partial charge in [-0.15, -0.1) is 0 Å². The molecule has 2 aromatic rings. The first-order chi connectivity index (χ1) is 8.20. The second kappa shape index (κ2) is 4.65. The van der Waals surface area contributed by atoms with Crippen LogP contribution < -0.4 is 11.1 Å². The molecule has 0 aliphatic carbocycles. The van der Waals surface area contributed by atoms with Crippen molar-refractivity contribution in [2.75, 3.05) is 5.32 Å². The first-order valence-corrected chi connectivity index (χ1v) is 5.17. The number of hydrogen-bond donors (Lipinski definition) is 3. The van der Waals surface area contributed by atoms with Gasteiger partial charge in [0.05, 0.1) is 11.0 Å². The van der Waals surface area contributed by atoms with Crippen molar-refractivity contribution in [3.8, 4) is 0 Å². The van der Waals surface area contributed by atoms with Gasteiger partial charge in [-0.25, -0.2) is 4.98 Å². The van der Waals surface area contributed by atoms with Crippen molar-refractivity contribution in [3.63, 3.8) is 0 Å². The number of para-hydroxylation sites is 1. The quantitative estimate of drug-likeness (QED) is 0.656. The number of primary amides is 1. The van der Waals surface area contributed by atoms with E-state index < -0.39 is 0 Å². The maximum Gasteiger partial charge on any atom is 0.217 e. The monoisotopic (exact) mass is 232 g/mol. The van der Waals surface area contributed by atoms with Crippen LogP contribution in [0.15, 0.2) is 18.2 Å². The zero-order valence-corrected chi connectivity index (χ0v) is 9.06. The molecule has 0 unspecified atom stereocenters. The maximum atomic E-state index is 10.8. The number of amides is 2. The van der Waals surface area contributed by atoms with Crippen molar-refractivity contribution in [2.45, 2.75) is 12.8 Å². The Morgan fingerprint density at radius 1 is 1.53 bits per heavy atom. The lowest BCUT2D eigenvalue weighted by molar-refractivity contribution is -0.118. The smallest absolute Gasteiger partial charge is 0.217 e. The van der Waals surface area contributed by atoms with Crippen LogP contribution in [-0.2, 0) is 16.0 Å². The number of H-pyrrole nitrogens is 1. The zero-order valence-electron chi connectivity index (χ0n) is 9.06. The molecule has 6 nitrogen and oxygen atoms in total. The van der Waals surface area contributed by atoms with Gasteiger partial charge in [0.1, 0.15) is 0 Å². The normalized spacial score (nSPS) is 10.4.